The van der Waals surface area contributed by atoms with Gasteiger partial charge in [0, 0.05) is 12.1 Å². The van der Waals surface area contributed by atoms with E-state index in [1.165, 1.54) is 12.1 Å². The first-order valence-corrected chi connectivity index (χ1v) is 7.56. The minimum absolute atomic E-state index is 0.0565. The average Bonchev–Trinajstić information content (AvgIpc) is 2.42. The number of nitrogens with one attached hydrogen (secondary N) is 1. The molecule has 0 aliphatic heterocycles. The standard InChI is InChI=1S/C13H17N3O4S/c1-10-9-12(5-4-11(10)3-2-6-14)21(18,19)16-7-8-20-13(15)17/h4-5,9,16H,6-8,14H2,1H3,(H2,15,17). The van der Waals surface area contributed by atoms with Gasteiger partial charge in [0.1, 0.15) is 6.61 Å². The van der Waals surface area contributed by atoms with Crippen LogP contribution < -0.4 is 16.2 Å². The topological polar surface area (TPSA) is 125 Å². The van der Waals surface area contributed by atoms with Gasteiger partial charge in [-0.15, -0.1) is 0 Å². The summed E-state index contributed by atoms with van der Waals surface area (Å²) in [5.41, 5.74) is 11.5. The number of primary amides is 1. The molecule has 1 aromatic rings. The summed E-state index contributed by atoms with van der Waals surface area (Å²) in [4.78, 5) is 10.5. The van der Waals surface area contributed by atoms with E-state index < -0.39 is 16.1 Å². The molecule has 0 atom stereocenters. The second kappa shape index (κ2) is 7.64. The third-order valence-corrected chi connectivity index (χ3v) is 3.93. The molecule has 0 saturated heterocycles. The largest absolute Gasteiger partial charge is 0.448 e. The molecular formula is C13H17N3O4S. The van der Waals surface area contributed by atoms with Crippen LogP contribution in [0.15, 0.2) is 23.1 Å². The predicted molar refractivity (Wildman–Crippen MR) is 77.8 cm³/mol. The summed E-state index contributed by atoms with van der Waals surface area (Å²) in [6.45, 7) is 1.81. The summed E-state index contributed by atoms with van der Waals surface area (Å²) in [6, 6.07) is 4.58. The molecule has 0 bridgehead atoms. The maximum absolute atomic E-state index is 12.0. The SMILES string of the molecule is Cc1cc(S(=O)(=O)NCCOC(N)=O)ccc1C#CCN. The van der Waals surface area contributed by atoms with E-state index in [2.05, 4.69) is 21.3 Å². The van der Waals surface area contributed by atoms with E-state index in [0.29, 0.717) is 0 Å². The molecule has 0 saturated carbocycles. The van der Waals surface area contributed by atoms with Gasteiger partial charge in [0.05, 0.1) is 11.4 Å². The van der Waals surface area contributed by atoms with Crippen molar-refractivity contribution in [1.29, 1.82) is 0 Å². The molecule has 0 radical (unpaired) electrons. The quantitative estimate of drug-likeness (QED) is 0.507. The van der Waals surface area contributed by atoms with Crippen LogP contribution in [-0.4, -0.2) is 34.2 Å². The van der Waals surface area contributed by atoms with Gasteiger partial charge in [-0.2, -0.15) is 0 Å². The Kier molecular flexibility index (Phi) is 6.17. The van der Waals surface area contributed by atoms with Gasteiger partial charge in [0.2, 0.25) is 10.0 Å². The zero-order valence-corrected chi connectivity index (χ0v) is 12.4. The first kappa shape index (κ1) is 17.0. The highest BCUT2D eigenvalue weighted by molar-refractivity contribution is 7.89. The molecule has 0 aliphatic carbocycles. The van der Waals surface area contributed by atoms with Crippen LogP contribution in [0.4, 0.5) is 4.79 Å². The van der Waals surface area contributed by atoms with E-state index in [-0.39, 0.29) is 24.6 Å². The minimum atomic E-state index is -3.67. The van der Waals surface area contributed by atoms with Crippen LogP contribution in [0.5, 0.6) is 0 Å². The molecular weight excluding hydrogens is 294 g/mol. The van der Waals surface area contributed by atoms with Gasteiger partial charge in [-0.1, -0.05) is 11.8 Å². The Hall–Kier alpha value is -2.08. The third kappa shape index (κ3) is 5.43. The van der Waals surface area contributed by atoms with Crippen LogP contribution in [-0.2, 0) is 14.8 Å². The van der Waals surface area contributed by atoms with E-state index in [9.17, 15) is 13.2 Å². The van der Waals surface area contributed by atoms with Crippen LogP contribution in [0, 0.1) is 18.8 Å². The fraction of sp³-hybridized carbons (Fsp3) is 0.308. The van der Waals surface area contributed by atoms with E-state index in [1.807, 2.05) is 0 Å². The van der Waals surface area contributed by atoms with Crippen molar-refractivity contribution in [2.75, 3.05) is 19.7 Å². The number of aryl methyl sites for hydroxylation is 1. The van der Waals surface area contributed by atoms with Gasteiger partial charge in [0.15, 0.2) is 0 Å². The van der Waals surface area contributed by atoms with Crippen LogP contribution in [0.2, 0.25) is 0 Å². The number of amides is 1. The summed E-state index contributed by atoms with van der Waals surface area (Å²) in [6.07, 6.45) is -0.951. The molecule has 0 aliphatic rings. The van der Waals surface area contributed by atoms with Gasteiger partial charge in [-0.05, 0) is 30.7 Å². The molecule has 0 unspecified atom stereocenters. The molecule has 1 aromatic carbocycles. The van der Waals surface area contributed by atoms with E-state index >= 15 is 0 Å². The smallest absolute Gasteiger partial charge is 0.404 e. The van der Waals surface area contributed by atoms with Crippen LogP contribution >= 0.6 is 0 Å². The monoisotopic (exact) mass is 311 g/mol. The molecule has 1 rings (SSSR count). The summed E-state index contributed by atoms with van der Waals surface area (Å²) < 4.78 is 30.8. The number of rotatable bonds is 5. The number of benzene rings is 1. The van der Waals surface area contributed by atoms with Gasteiger partial charge in [0.25, 0.3) is 0 Å². The third-order valence-electron chi connectivity index (χ3n) is 2.47. The lowest BCUT2D eigenvalue weighted by molar-refractivity contribution is 0.159. The maximum Gasteiger partial charge on any atom is 0.404 e. The Balaban J connectivity index is 2.79. The van der Waals surface area contributed by atoms with Gasteiger partial charge in [-0.25, -0.2) is 17.9 Å². The first-order valence-electron chi connectivity index (χ1n) is 6.08. The fourth-order valence-electron chi connectivity index (χ4n) is 1.50. The highest BCUT2D eigenvalue weighted by Gasteiger charge is 2.14. The van der Waals surface area contributed by atoms with E-state index in [1.54, 1.807) is 13.0 Å². The van der Waals surface area contributed by atoms with Crippen LogP contribution in [0.25, 0.3) is 0 Å². The number of carbonyl (C=O) groups is 1. The van der Waals surface area contributed by atoms with Crippen molar-refractivity contribution in [3.8, 4) is 11.8 Å². The molecule has 0 spiro atoms. The number of hydrogen-bond acceptors (Lipinski definition) is 5. The van der Waals surface area contributed by atoms with Crippen molar-refractivity contribution in [3.63, 3.8) is 0 Å². The maximum atomic E-state index is 12.0. The number of nitrogens with two attached hydrogens (primary N) is 2. The highest BCUT2D eigenvalue weighted by atomic mass is 32.2. The summed E-state index contributed by atoms with van der Waals surface area (Å²) >= 11 is 0. The number of ether oxygens (including phenoxy) is 1. The average molecular weight is 311 g/mol. The zero-order valence-electron chi connectivity index (χ0n) is 11.5. The Morgan fingerprint density at radius 1 is 1.43 bits per heavy atom. The van der Waals surface area contributed by atoms with Crippen molar-refractivity contribution in [1.82, 2.24) is 4.72 Å². The molecule has 21 heavy (non-hydrogen) atoms. The second-order valence-corrected chi connectivity index (χ2v) is 5.81. The van der Waals surface area contributed by atoms with Crippen molar-refractivity contribution in [2.24, 2.45) is 11.5 Å². The number of carbonyl (C=O) groups excluding carboxylic acids is 1. The van der Waals surface area contributed by atoms with Gasteiger partial charge in [-0.3, -0.25) is 0 Å². The molecule has 5 N–H and O–H groups in total. The lowest BCUT2D eigenvalue weighted by Gasteiger charge is -2.08. The Morgan fingerprint density at radius 2 is 2.14 bits per heavy atom. The molecule has 1 amide bonds. The number of sulfonamides is 1. The molecule has 0 fully saturated rings. The molecule has 114 valence electrons. The molecule has 0 aromatic heterocycles. The van der Waals surface area contributed by atoms with Crippen molar-refractivity contribution >= 4 is 16.1 Å². The Morgan fingerprint density at radius 3 is 2.71 bits per heavy atom. The minimum Gasteiger partial charge on any atom is -0.448 e. The second-order valence-electron chi connectivity index (χ2n) is 4.05. The lowest BCUT2D eigenvalue weighted by atomic mass is 10.1. The molecule has 7 nitrogen and oxygen atoms in total. The molecule has 0 heterocycles. The van der Waals surface area contributed by atoms with Crippen LogP contribution in [0.1, 0.15) is 11.1 Å². The summed E-state index contributed by atoms with van der Waals surface area (Å²) in [7, 11) is -3.67. The predicted octanol–water partition coefficient (Wildman–Crippen LogP) is -0.321. The van der Waals surface area contributed by atoms with Gasteiger partial charge >= 0.3 is 6.09 Å². The fourth-order valence-corrected chi connectivity index (χ4v) is 2.60. The highest BCUT2D eigenvalue weighted by Crippen LogP contribution is 2.14. The van der Waals surface area contributed by atoms with E-state index in [4.69, 9.17) is 11.5 Å². The first-order chi connectivity index (χ1) is 9.86. The van der Waals surface area contributed by atoms with Crippen molar-refractivity contribution < 1.29 is 17.9 Å². The summed E-state index contributed by atoms with van der Waals surface area (Å²) in [5.74, 6) is 5.56. The normalized spacial score (nSPS) is 10.6. The Labute approximate surface area is 123 Å². The van der Waals surface area contributed by atoms with Gasteiger partial charge < -0.3 is 16.2 Å². The summed E-state index contributed by atoms with van der Waals surface area (Å²) in [5, 5.41) is 0. The molecule has 8 heteroatoms. The zero-order chi connectivity index (χ0) is 15.9. The number of hydrogen-bond donors (Lipinski definition) is 3. The Bertz CT molecular complexity index is 674. The lowest BCUT2D eigenvalue weighted by Crippen LogP contribution is -2.29. The van der Waals surface area contributed by atoms with Crippen molar-refractivity contribution in [3.05, 3.63) is 29.3 Å². The van der Waals surface area contributed by atoms with E-state index in [0.717, 1.165) is 11.1 Å². The van der Waals surface area contributed by atoms with Crippen LogP contribution in [0.3, 0.4) is 0 Å². The van der Waals surface area contributed by atoms with Crippen molar-refractivity contribution in [2.45, 2.75) is 11.8 Å².